The van der Waals surface area contributed by atoms with Crippen LogP contribution in [-0.4, -0.2) is 22.5 Å². The molecule has 0 radical (unpaired) electrons. The minimum atomic E-state index is -4.59. The van der Waals surface area contributed by atoms with E-state index in [1.807, 2.05) is 0 Å². The summed E-state index contributed by atoms with van der Waals surface area (Å²) in [6.07, 6.45) is -4.80. The van der Waals surface area contributed by atoms with Crippen LogP contribution >= 0.6 is 35.0 Å². The maximum atomic E-state index is 12.9. The molecule has 1 aromatic carbocycles. The third-order valence-electron chi connectivity index (χ3n) is 2.80. The standard InChI is InChI=1S/C11H7Cl2F3O2S/c12-6-2-4-1-5(10(17)18)9(11(14,15)16)19-8(4)3-7(6)13/h2-3,5,9H,1H2,(H,17,18). The lowest BCUT2D eigenvalue weighted by atomic mass is 9.94. The van der Waals surface area contributed by atoms with E-state index < -0.39 is 23.3 Å². The number of benzene rings is 1. The molecular weight excluding hydrogens is 324 g/mol. The third-order valence-corrected chi connectivity index (χ3v) is 5.01. The molecule has 1 heterocycles. The molecule has 8 heteroatoms. The van der Waals surface area contributed by atoms with Crippen molar-refractivity contribution >= 4 is 40.9 Å². The molecule has 0 bridgehead atoms. The van der Waals surface area contributed by atoms with Gasteiger partial charge in [0, 0.05) is 4.90 Å². The number of hydrogen-bond acceptors (Lipinski definition) is 2. The number of carbonyl (C=O) groups is 1. The first-order valence-corrected chi connectivity index (χ1v) is 6.78. The molecule has 0 aromatic heterocycles. The average molecular weight is 331 g/mol. The summed E-state index contributed by atoms with van der Waals surface area (Å²) in [5.74, 6) is -2.98. The molecule has 0 amide bonds. The van der Waals surface area contributed by atoms with Gasteiger partial charge in [-0.15, -0.1) is 11.8 Å². The number of hydrogen-bond donors (Lipinski definition) is 1. The van der Waals surface area contributed by atoms with Crippen molar-refractivity contribution in [2.45, 2.75) is 22.7 Å². The molecule has 19 heavy (non-hydrogen) atoms. The second kappa shape index (κ2) is 5.07. The zero-order valence-corrected chi connectivity index (χ0v) is 11.5. The van der Waals surface area contributed by atoms with E-state index in [4.69, 9.17) is 28.3 Å². The van der Waals surface area contributed by atoms with Gasteiger partial charge in [-0.05, 0) is 24.1 Å². The number of aliphatic carboxylic acids is 1. The SMILES string of the molecule is O=C(O)C1Cc2cc(Cl)c(Cl)cc2SC1C(F)(F)F. The van der Waals surface area contributed by atoms with Gasteiger partial charge >= 0.3 is 12.1 Å². The summed E-state index contributed by atoms with van der Waals surface area (Å²) in [4.78, 5) is 11.3. The molecular formula is C11H7Cl2F3O2S. The molecule has 2 unspecified atom stereocenters. The molecule has 0 spiro atoms. The van der Waals surface area contributed by atoms with Crippen molar-refractivity contribution in [1.29, 1.82) is 0 Å². The highest BCUT2D eigenvalue weighted by Crippen LogP contribution is 2.47. The van der Waals surface area contributed by atoms with E-state index in [2.05, 4.69) is 0 Å². The predicted octanol–water partition coefficient (Wildman–Crippen LogP) is 4.27. The Balaban J connectivity index is 2.45. The van der Waals surface area contributed by atoms with Crippen molar-refractivity contribution in [3.05, 3.63) is 27.7 Å². The fraction of sp³-hybridized carbons (Fsp3) is 0.364. The van der Waals surface area contributed by atoms with Gasteiger partial charge in [-0.2, -0.15) is 13.2 Å². The topological polar surface area (TPSA) is 37.3 Å². The summed E-state index contributed by atoms with van der Waals surface area (Å²) < 4.78 is 38.6. The molecule has 2 rings (SSSR count). The van der Waals surface area contributed by atoms with Crippen LogP contribution in [0.5, 0.6) is 0 Å². The highest BCUT2D eigenvalue weighted by molar-refractivity contribution is 8.00. The zero-order chi connectivity index (χ0) is 14.4. The average Bonchev–Trinajstić information content (AvgIpc) is 2.27. The number of thioether (sulfide) groups is 1. The van der Waals surface area contributed by atoms with Crippen LogP contribution in [0, 0.1) is 5.92 Å². The largest absolute Gasteiger partial charge is 0.481 e. The van der Waals surface area contributed by atoms with Gasteiger partial charge in [0.1, 0.15) is 5.25 Å². The first kappa shape index (κ1) is 14.8. The van der Waals surface area contributed by atoms with Crippen molar-refractivity contribution in [3.63, 3.8) is 0 Å². The Labute approximate surface area is 120 Å². The van der Waals surface area contributed by atoms with Crippen LogP contribution in [0.1, 0.15) is 5.56 Å². The summed E-state index contributed by atoms with van der Waals surface area (Å²) in [6.45, 7) is 0. The highest BCUT2D eigenvalue weighted by atomic mass is 35.5. The van der Waals surface area contributed by atoms with E-state index in [-0.39, 0.29) is 16.5 Å². The first-order chi connectivity index (χ1) is 8.70. The molecule has 0 saturated carbocycles. The highest BCUT2D eigenvalue weighted by Gasteiger charge is 2.50. The first-order valence-electron chi connectivity index (χ1n) is 5.14. The lowest BCUT2D eigenvalue weighted by Crippen LogP contribution is -2.41. The van der Waals surface area contributed by atoms with Gasteiger partial charge in [-0.25, -0.2) is 0 Å². The fourth-order valence-electron chi connectivity index (χ4n) is 1.91. The molecule has 0 saturated heterocycles. The van der Waals surface area contributed by atoms with Crippen molar-refractivity contribution in [2.75, 3.05) is 0 Å². The molecule has 2 nitrogen and oxygen atoms in total. The van der Waals surface area contributed by atoms with Gasteiger partial charge in [0.2, 0.25) is 0 Å². The smallest absolute Gasteiger partial charge is 0.401 e. The van der Waals surface area contributed by atoms with E-state index in [1.165, 1.54) is 12.1 Å². The molecule has 0 aliphatic carbocycles. The number of fused-ring (bicyclic) bond motifs is 1. The van der Waals surface area contributed by atoms with Crippen LogP contribution in [0.15, 0.2) is 17.0 Å². The molecule has 2 atom stereocenters. The Morgan fingerprint density at radius 3 is 2.42 bits per heavy atom. The molecule has 1 aromatic rings. The van der Waals surface area contributed by atoms with Crippen molar-refractivity contribution in [1.82, 2.24) is 0 Å². The van der Waals surface area contributed by atoms with Crippen LogP contribution in [0.2, 0.25) is 10.0 Å². The Kier molecular flexibility index (Phi) is 3.95. The Morgan fingerprint density at radius 2 is 1.89 bits per heavy atom. The van der Waals surface area contributed by atoms with E-state index in [0.29, 0.717) is 22.2 Å². The van der Waals surface area contributed by atoms with Gasteiger partial charge < -0.3 is 5.11 Å². The van der Waals surface area contributed by atoms with Crippen LogP contribution in [-0.2, 0) is 11.2 Å². The van der Waals surface area contributed by atoms with Gasteiger partial charge in [0.15, 0.2) is 0 Å². The van der Waals surface area contributed by atoms with Crippen LogP contribution in [0.4, 0.5) is 13.2 Å². The van der Waals surface area contributed by atoms with Crippen molar-refractivity contribution in [3.8, 4) is 0 Å². The lowest BCUT2D eigenvalue weighted by Gasteiger charge is -2.31. The summed E-state index contributed by atoms with van der Waals surface area (Å²) in [7, 11) is 0. The molecule has 1 aliphatic rings. The second-order valence-corrected chi connectivity index (χ2v) is 6.10. The molecule has 1 N–H and O–H groups in total. The van der Waals surface area contributed by atoms with Crippen LogP contribution in [0.25, 0.3) is 0 Å². The van der Waals surface area contributed by atoms with E-state index in [9.17, 15) is 18.0 Å². The summed E-state index contributed by atoms with van der Waals surface area (Å²) in [6, 6.07) is 2.77. The lowest BCUT2D eigenvalue weighted by molar-refractivity contribution is -0.160. The zero-order valence-electron chi connectivity index (χ0n) is 9.17. The number of carboxylic acid groups (broad SMARTS) is 1. The molecule has 104 valence electrons. The van der Waals surface area contributed by atoms with E-state index >= 15 is 0 Å². The van der Waals surface area contributed by atoms with Crippen LogP contribution in [0.3, 0.4) is 0 Å². The summed E-state index contributed by atoms with van der Waals surface area (Å²) >= 11 is 12.0. The fourth-order valence-corrected chi connectivity index (χ4v) is 3.59. The number of carboxylic acids is 1. The molecule has 1 aliphatic heterocycles. The third kappa shape index (κ3) is 2.95. The van der Waals surface area contributed by atoms with Gasteiger partial charge in [-0.3, -0.25) is 4.79 Å². The number of rotatable bonds is 1. The number of alkyl halides is 3. The van der Waals surface area contributed by atoms with Crippen molar-refractivity contribution in [2.24, 2.45) is 5.92 Å². The predicted molar refractivity (Wildman–Crippen MR) is 67.0 cm³/mol. The summed E-state index contributed by atoms with van der Waals surface area (Å²) in [5, 5.41) is 7.33. The van der Waals surface area contributed by atoms with Crippen molar-refractivity contribution < 1.29 is 23.1 Å². The molecule has 0 fully saturated rings. The maximum Gasteiger partial charge on any atom is 0.401 e. The van der Waals surface area contributed by atoms with Gasteiger partial charge in [-0.1, -0.05) is 23.2 Å². The Bertz CT molecular complexity index is 533. The summed E-state index contributed by atoms with van der Waals surface area (Å²) in [5.41, 5.74) is 0.479. The normalized spacial score (nSPS) is 23.0. The van der Waals surface area contributed by atoms with Crippen LogP contribution < -0.4 is 0 Å². The van der Waals surface area contributed by atoms with Gasteiger partial charge in [0.05, 0.1) is 16.0 Å². The monoisotopic (exact) mass is 330 g/mol. The van der Waals surface area contributed by atoms with Gasteiger partial charge in [0.25, 0.3) is 0 Å². The minimum Gasteiger partial charge on any atom is -0.481 e. The minimum absolute atomic E-state index is 0.155. The van der Waals surface area contributed by atoms with E-state index in [0.717, 1.165) is 0 Å². The Morgan fingerprint density at radius 1 is 1.32 bits per heavy atom. The second-order valence-electron chi connectivity index (χ2n) is 4.10. The quantitative estimate of drug-likeness (QED) is 0.835. The number of halogens is 5. The van der Waals surface area contributed by atoms with E-state index in [1.54, 1.807) is 0 Å². The Hall–Kier alpha value is -0.590. The maximum absolute atomic E-state index is 12.9.